The third-order valence-electron chi connectivity index (χ3n) is 3.08. The van der Waals surface area contributed by atoms with Crippen molar-refractivity contribution in [3.05, 3.63) is 46.4 Å². The molecule has 0 N–H and O–H groups in total. The van der Waals surface area contributed by atoms with Crippen LogP contribution in [0, 0.1) is 0 Å². The van der Waals surface area contributed by atoms with Gasteiger partial charge < -0.3 is 9.64 Å². The lowest BCUT2D eigenvalue weighted by Crippen LogP contribution is -2.30. The third-order valence-corrected chi connectivity index (χ3v) is 3.92. The van der Waals surface area contributed by atoms with E-state index in [1.165, 1.54) is 0 Å². The number of methoxy groups -OCH3 is 1. The van der Waals surface area contributed by atoms with Crippen molar-refractivity contribution in [1.82, 2.24) is 9.88 Å². The number of carbonyl (C=O) groups is 1. The van der Waals surface area contributed by atoms with E-state index < -0.39 is 0 Å². The van der Waals surface area contributed by atoms with Gasteiger partial charge in [-0.1, -0.05) is 12.1 Å². The molecule has 20 heavy (non-hydrogen) atoms. The molecule has 1 aromatic heterocycles. The Bertz CT molecular complexity index is 538. The first kappa shape index (κ1) is 14.5. The standard InChI is InChI=1S/C15H18N2O2S/c1-17(9-7-14-16-8-10-20-14)15(18)11-12-3-5-13(19-2)6-4-12/h3-6,8,10H,7,9,11H2,1-2H3. The van der Waals surface area contributed by atoms with E-state index in [4.69, 9.17) is 4.74 Å². The van der Waals surface area contributed by atoms with Crippen LogP contribution in [0.3, 0.4) is 0 Å². The van der Waals surface area contributed by atoms with Gasteiger partial charge in [0.2, 0.25) is 5.91 Å². The molecule has 0 saturated heterocycles. The monoisotopic (exact) mass is 290 g/mol. The molecule has 0 bridgehead atoms. The van der Waals surface area contributed by atoms with E-state index in [-0.39, 0.29) is 5.91 Å². The van der Waals surface area contributed by atoms with E-state index in [1.807, 2.05) is 36.7 Å². The number of ether oxygens (including phenoxy) is 1. The zero-order valence-electron chi connectivity index (χ0n) is 11.7. The number of carbonyl (C=O) groups excluding carboxylic acids is 1. The molecule has 0 spiro atoms. The van der Waals surface area contributed by atoms with Gasteiger partial charge in [0.1, 0.15) is 5.75 Å². The Morgan fingerprint density at radius 3 is 2.70 bits per heavy atom. The van der Waals surface area contributed by atoms with Crippen LogP contribution in [0.1, 0.15) is 10.6 Å². The zero-order chi connectivity index (χ0) is 14.4. The van der Waals surface area contributed by atoms with Crippen LogP contribution in [-0.2, 0) is 17.6 Å². The molecule has 5 heteroatoms. The Kier molecular flexibility index (Phi) is 5.12. The lowest BCUT2D eigenvalue weighted by atomic mass is 10.1. The van der Waals surface area contributed by atoms with Gasteiger partial charge in [0.25, 0.3) is 0 Å². The average Bonchev–Trinajstić information content (AvgIpc) is 2.98. The minimum atomic E-state index is 0.117. The molecule has 1 aromatic carbocycles. The molecule has 1 amide bonds. The van der Waals surface area contributed by atoms with Gasteiger partial charge >= 0.3 is 0 Å². The van der Waals surface area contributed by atoms with Crippen molar-refractivity contribution in [3.8, 4) is 5.75 Å². The Morgan fingerprint density at radius 1 is 1.35 bits per heavy atom. The van der Waals surface area contributed by atoms with Crippen LogP contribution in [-0.4, -0.2) is 36.5 Å². The molecule has 0 aliphatic carbocycles. The number of hydrogen-bond acceptors (Lipinski definition) is 4. The second kappa shape index (κ2) is 7.05. The number of hydrogen-bond donors (Lipinski definition) is 0. The minimum absolute atomic E-state index is 0.117. The van der Waals surface area contributed by atoms with E-state index in [9.17, 15) is 4.79 Å². The van der Waals surface area contributed by atoms with Gasteiger partial charge in [-0.25, -0.2) is 4.98 Å². The smallest absolute Gasteiger partial charge is 0.226 e. The van der Waals surface area contributed by atoms with Gasteiger partial charge in [0, 0.05) is 31.6 Å². The second-order valence-electron chi connectivity index (χ2n) is 4.52. The van der Waals surface area contributed by atoms with Crippen LogP contribution >= 0.6 is 11.3 Å². The Labute approximate surface area is 123 Å². The fourth-order valence-corrected chi connectivity index (χ4v) is 2.43. The first-order valence-electron chi connectivity index (χ1n) is 6.44. The third kappa shape index (κ3) is 4.06. The summed E-state index contributed by atoms with van der Waals surface area (Å²) in [7, 11) is 3.46. The molecule has 1 heterocycles. The van der Waals surface area contributed by atoms with E-state index in [1.54, 1.807) is 29.5 Å². The summed E-state index contributed by atoms with van der Waals surface area (Å²) in [6, 6.07) is 7.59. The topological polar surface area (TPSA) is 42.4 Å². The van der Waals surface area contributed by atoms with Crippen molar-refractivity contribution in [3.63, 3.8) is 0 Å². The summed E-state index contributed by atoms with van der Waals surface area (Å²) in [5, 5.41) is 3.02. The van der Waals surface area contributed by atoms with Gasteiger partial charge in [-0.15, -0.1) is 11.3 Å². The normalized spacial score (nSPS) is 10.3. The molecule has 0 aliphatic heterocycles. The predicted octanol–water partition coefficient (Wildman–Crippen LogP) is 2.40. The number of benzene rings is 1. The number of likely N-dealkylation sites (N-methyl/N-ethyl adjacent to an activating group) is 1. The lowest BCUT2D eigenvalue weighted by molar-refractivity contribution is -0.129. The Hall–Kier alpha value is -1.88. The highest BCUT2D eigenvalue weighted by Gasteiger charge is 2.10. The summed E-state index contributed by atoms with van der Waals surface area (Å²) < 4.78 is 5.10. The second-order valence-corrected chi connectivity index (χ2v) is 5.50. The predicted molar refractivity (Wildman–Crippen MR) is 80.2 cm³/mol. The van der Waals surface area contributed by atoms with E-state index >= 15 is 0 Å². The van der Waals surface area contributed by atoms with Gasteiger partial charge in [0.15, 0.2) is 0 Å². The summed E-state index contributed by atoms with van der Waals surface area (Å²) in [4.78, 5) is 18.1. The molecule has 0 saturated carbocycles. The van der Waals surface area contributed by atoms with Crippen LogP contribution in [0.15, 0.2) is 35.8 Å². The minimum Gasteiger partial charge on any atom is -0.497 e. The first-order valence-corrected chi connectivity index (χ1v) is 7.32. The van der Waals surface area contributed by atoms with E-state index in [0.717, 1.165) is 22.7 Å². The molecule has 2 rings (SSSR count). The van der Waals surface area contributed by atoms with Crippen LogP contribution < -0.4 is 4.74 Å². The first-order chi connectivity index (χ1) is 9.69. The molecule has 2 aromatic rings. The fraction of sp³-hybridized carbons (Fsp3) is 0.333. The van der Waals surface area contributed by atoms with E-state index in [0.29, 0.717) is 13.0 Å². The molecule has 106 valence electrons. The summed E-state index contributed by atoms with van der Waals surface area (Å²) in [6.07, 6.45) is 3.01. The van der Waals surface area contributed by atoms with Crippen molar-refractivity contribution in [2.75, 3.05) is 20.7 Å². The molecule has 0 radical (unpaired) electrons. The highest BCUT2D eigenvalue weighted by molar-refractivity contribution is 7.09. The van der Waals surface area contributed by atoms with Crippen molar-refractivity contribution in [2.24, 2.45) is 0 Å². The maximum Gasteiger partial charge on any atom is 0.226 e. The highest BCUT2D eigenvalue weighted by Crippen LogP contribution is 2.12. The van der Waals surface area contributed by atoms with Crippen LogP contribution in [0.5, 0.6) is 5.75 Å². The number of amides is 1. The van der Waals surface area contributed by atoms with Gasteiger partial charge in [-0.3, -0.25) is 4.79 Å². The van der Waals surface area contributed by atoms with Crippen molar-refractivity contribution < 1.29 is 9.53 Å². The number of rotatable bonds is 6. The summed E-state index contributed by atoms with van der Waals surface area (Å²) >= 11 is 1.62. The summed E-state index contributed by atoms with van der Waals surface area (Å²) in [5.74, 6) is 0.921. The largest absolute Gasteiger partial charge is 0.497 e. The fourth-order valence-electron chi connectivity index (χ4n) is 1.82. The summed E-state index contributed by atoms with van der Waals surface area (Å²) in [5.41, 5.74) is 0.997. The number of nitrogens with zero attached hydrogens (tertiary/aromatic N) is 2. The lowest BCUT2D eigenvalue weighted by Gasteiger charge is -2.16. The molecular formula is C15H18N2O2S. The molecule has 4 nitrogen and oxygen atoms in total. The number of aromatic nitrogens is 1. The van der Waals surface area contributed by atoms with Crippen molar-refractivity contribution >= 4 is 17.2 Å². The maximum absolute atomic E-state index is 12.1. The van der Waals surface area contributed by atoms with Crippen LogP contribution in [0.4, 0.5) is 0 Å². The van der Waals surface area contributed by atoms with E-state index in [2.05, 4.69) is 4.98 Å². The Balaban J connectivity index is 1.83. The summed E-state index contributed by atoms with van der Waals surface area (Å²) in [6.45, 7) is 0.697. The molecule has 0 unspecified atom stereocenters. The number of thiazole rings is 1. The average molecular weight is 290 g/mol. The molecule has 0 fully saturated rings. The highest BCUT2D eigenvalue weighted by atomic mass is 32.1. The molecular weight excluding hydrogens is 272 g/mol. The van der Waals surface area contributed by atoms with Crippen molar-refractivity contribution in [1.29, 1.82) is 0 Å². The van der Waals surface area contributed by atoms with Gasteiger partial charge in [-0.05, 0) is 17.7 Å². The van der Waals surface area contributed by atoms with Crippen LogP contribution in [0.25, 0.3) is 0 Å². The molecule has 0 aliphatic rings. The quantitative estimate of drug-likeness (QED) is 0.820. The van der Waals surface area contributed by atoms with Gasteiger partial charge in [0.05, 0.1) is 18.5 Å². The zero-order valence-corrected chi connectivity index (χ0v) is 12.5. The van der Waals surface area contributed by atoms with Crippen molar-refractivity contribution in [2.45, 2.75) is 12.8 Å². The molecule has 0 atom stereocenters. The van der Waals surface area contributed by atoms with Crippen LogP contribution in [0.2, 0.25) is 0 Å². The van der Waals surface area contributed by atoms with Gasteiger partial charge in [-0.2, -0.15) is 0 Å². The SMILES string of the molecule is COc1ccc(CC(=O)N(C)CCc2nccs2)cc1. The Morgan fingerprint density at radius 2 is 2.10 bits per heavy atom. The maximum atomic E-state index is 12.1.